The average Bonchev–Trinajstić information content (AvgIpc) is 3.27. The summed E-state index contributed by atoms with van der Waals surface area (Å²) in [6, 6.07) is 19.0. The van der Waals surface area contributed by atoms with E-state index < -0.39 is 71.6 Å². The number of unbranched alkanes of at least 4 members (excludes halogenated alkanes) is 19. The first-order valence-electron chi connectivity index (χ1n) is 24.4. The van der Waals surface area contributed by atoms with E-state index in [2.05, 4.69) is 36.5 Å². The maximum atomic E-state index is 14.0. The minimum absolute atomic E-state index is 0. The molecule has 13 nitrogen and oxygen atoms in total. The summed E-state index contributed by atoms with van der Waals surface area (Å²) >= 11 is 0. The van der Waals surface area contributed by atoms with E-state index >= 15 is 0 Å². The van der Waals surface area contributed by atoms with Crippen molar-refractivity contribution in [3.63, 3.8) is 0 Å². The van der Waals surface area contributed by atoms with Crippen LogP contribution < -0.4 is 5.32 Å². The van der Waals surface area contributed by atoms with Gasteiger partial charge in [0.25, 0.3) is 5.91 Å². The first kappa shape index (κ1) is 58.7. The van der Waals surface area contributed by atoms with E-state index in [-0.39, 0.29) is 48.8 Å². The second-order valence-corrected chi connectivity index (χ2v) is 18.4. The van der Waals surface area contributed by atoms with Crippen molar-refractivity contribution >= 4 is 57.8 Å². The molecule has 1 heterocycles. The van der Waals surface area contributed by atoms with Crippen LogP contribution in [-0.4, -0.2) is 114 Å². The fourth-order valence-electron chi connectivity index (χ4n) is 8.26. The zero-order valence-corrected chi connectivity index (χ0v) is 39.3. The number of carbonyl (C=O) groups is 3. The number of rotatable bonds is 36. The predicted molar refractivity (Wildman–Crippen MR) is 255 cm³/mol. The Morgan fingerprint density at radius 3 is 1.57 bits per heavy atom. The van der Waals surface area contributed by atoms with Crippen LogP contribution in [0.4, 0.5) is 0 Å². The molecule has 0 bridgehead atoms. The van der Waals surface area contributed by atoms with Gasteiger partial charge in [0, 0.05) is 12.8 Å². The summed E-state index contributed by atoms with van der Waals surface area (Å²) in [7, 11) is -5.19. The normalized spacial score (nSPS) is 18.9. The third kappa shape index (κ3) is 26.7. The molecular formula is C50H80NNaO12S. The van der Waals surface area contributed by atoms with Crippen molar-refractivity contribution in [2.75, 3.05) is 6.61 Å². The van der Waals surface area contributed by atoms with Gasteiger partial charge in [0.05, 0.1) is 6.61 Å². The first-order chi connectivity index (χ1) is 31.0. The maximum absolute atomic E-state index is 14.0. The van der Waals surface area contributed by atoms with Crippen LogP contribution in [0.2, 0.25) is 0 Å². The van der Waals surface area contributed by atoms with Crippen LogP contribution in [0.25, 0.3) is 0 Å². The summed E-state index contributed by atoms with van der Waals surface area (Å²) in [5, 5.41) is 23.7. The standard InChI is InChI=1S/C50H79NO12S.Na.H/c1-2-3-4-5-6-7-8-9-16-27-36-42(60-44(53)37-28-17-12-10-14-21-30-40-32-23-19-24-33-40)49(55)51-46-48(47(63-64(57,58)59)43(39-52)61-50(46)56)62-45(54)38-29-18-13-11-15-22-31-41-34-25-20-26-35-41;;/h19-20,23-26,32-35,42-43,46-48,50,52,56H,2-18,21-22,27-31,36-39H2,1H3,(H,51,55)(H,57,58,59);;/t42?,43-,46-,47-,48-,50+;;/m1../s1. The molecule has 1 unspecified atom stereocenters. The molecule has 3 rings (SSSR count). The summed E-state index contributed by atoms with van der Waals surface area (Å²) in [6.07, 6.45) is 15.6. The van der Waals surface area contributed by atoms with Gasteiger partial charge >= 0.3 is 51.9 Å². The van der Waals surface area contributed by atoms with Crippen LogP contribution in [-0.2, 0) is 56.0 Å². The van der Waals surface area contributed by atoms with Gasteiger partial charge < -0.3 is 29.7 Å². The quantitative estimate of drug-likeness (QED) is 0.0220. The Balaban J connectivity index is 0.0000145. The molecule has 65 heavy (non-hydrogen) atoms. The molecule has 2 aromatic rings. The number of aliphatic hydroxyl groups excluding tert-OH is 2. The van der Waals surface area contributed by atoms with E-state index in [9.17, 15) is 37.6 Å². The monoisotopic (exact) mass is 942 g/mol. The molecule has 1 saturated heterocycles. The van der Waals surface area contributed by atoms with Crippen molar-refractivity contribution < 1.29 is 56.0 Å². The number of hydrogen-bond acceptors (Lipinski definition) is 11. The zero-order valence-electron chi connectivity index (χ0n) is 38.5. The van der Waals surface area contributed by atoms with Crippen LogP contribution in [0.5, 0.6) is 0 Å². The molecule has 1 amide bonds. The third-order valence-electron chi connectivity index (χ3n) is 11.9. The van der Waals surface area contributed by atoms with Gasteiger partial charge in [0.15, 0.2) is 18.5 Å². The van der Waals surface area contributed by atoms with E-state index in [1.165, 1.54) is 43.2 Å². The summed E-state index contributed by atoms with van der Waals surface area (Å²) in [4.78, 5) is 40.4. The molecule has 4 N–H and O–H groups in total. The van der Waals surface area contributed by atoms with Crippen LogP contribution in [0.1, 0.15) is 179 Å². The first-order valence-corrected chi connectivity index (χ1v) is 25.7. The van der Waals surface area contributed by atoms with Gasteiger partial charge in [-0.25, -0.2) is 4.18 Å². The molecule has 364 valence electrons. The molecule has 6 atom stereocenters. The van der Waals surface area contributed by atoms with Gasteiger partial charge in [-0.1, -0.05) is 177 Å². The summed E-state index contributed by atoms with van der Waals surface area (Å²) in [5.41, 5.74) is 2.62. The fourth-order valence-corrected chi connectivity index (χ4v) is 8.78. The molecule has 1 aliphatic heterocycles. The Bertz CT molecular complexity index is 1650. The Morgan fingerprint density at radius 2 is 1.09 bits per heavy atom. The second kappa shape index (κ2) is 35.7. The van der Waals surface area contributed by atoms with Crippen LogP contribution in [0, 0.1) is 0 Å². The van der Waals surface area contributed by atoms with E-state index in [1.54, 1.807) is 0 Å². The number of carbonyl (C=O) groups excluding carboxylic acids is 3. The zero-order chi connectivity index (χ0) is 46.3. The van der Waals surface area contributed by atoms with Gasteiger partial charge in [0.2, 0.25) is 0 Å². The van der Waals surface area contributed by atoms with E-state index in [0.29, 0.717) is 19.3 Å². The Kier molecular flexibility index (Phi) is 32.3. The minimum atomic E-state index is -5.19. The number of ether oxygens (including phenoxy) is 3. The molecule has 0 radical (unpaired) electrons. The van der Waals surface area contributed by atoms with Gasteiger partial charge in [-0.2, -0.15) is 8.42 Å². The van der Waals surface area contributed by atoms with E-state index in [4.69, 9.17) is 18.4 Å². The number of aryl methyl sites for hydroxylation is 2. The molecule has 0 spiro atoms. The Hall–Kier alpha value is -2.40. The summed E-state index contributed by atoms with van der Waals surface area (Å²) < 4.78 is 55.4. The third-order valence-corrected chi connectivity index (χ3v) is 12.4. The molecule has 0 aromatic heterocycles. The number of amides is 1. The fraction of sp³-hybridized carbons (Fsp3) is 0.700. The Labute approximate surface area is 412 Å². The molecule has 15 heteroatoms. The van der Waals surface area contributed by atoms with Crippen molar-refractivity contribution in [2.24, 2.45) is 0 Å². The van der Waals surface area contributed by atoms with Gasteiger partial charge in [-0.05, 0) is 62.5 Å². The second-order valence-electron chi connectivity index (χ2n) is 17.4. The molecular weight excluding hydrogens is 862 g/mol. The van der Waals surface area contributed by atoms with Crippen LogP contribution in [0.15, 0.2) is 60.7 Å². The summed E-state index contributed by atoms with van der Waals surface area (Å²) in [5.74, 6) is -2.09. The number of esters is 2. The van der Waals surface area contributed by atoms with Crippen molar-refractivity contribution in [3.05, 3.63) is 71.8 Å². The summed E-state index contributed by atoms with van der Waals surface area (Å²) in [6.45, 7) is 1.32. The van der Waals surface area contributed by atoms with Crippen molar-refractivity contribution in [1.29, 1.82) is 0 Å². The predicted octanol–water partition coefficient (Wildman–Crippen LogP) is 8.80. The van der Waals surface area contributed by atoms with Crippen molar-refractivity contribution in [1.82, 2.24) is 5.32 Å². The number of benzene rings is 2. The van der Waals surface area contributed by atoms with Gasteiger partial charge in [-0.3, -0.25) is 18.9 Å². The van der Waals surface area contributed by atoms with Gasteiger partial charge in [-0.15, -0.1) is 0 Å². The molecule has 1 aliphatic rings. The van der Waals surface area contributed by atoms with Crippen LogP contribution in [0.3, 0.4) is 0 Å². The molecule has 2 aromatic carbocycles. The number of hydrogen-bond donors (Lipinski definition) is 4. The molecule has 0 saturated carbocycles. The molecule has 1 fully saturated rings. The SMILES string of the molecule is CCCCCCCCCCCCC(OC(=O)CCCCCCCCc1ccccc1)C(=O)N[C@@H]1[C@@H](OC(=O)CCCCCCCCc2ccccc2)[C@H](OS(=O)(=O)O)[C@@H](CO)O[C@@H]1O.[NaH]. The Morgan fingerprint density at radius 1 is 0.646 bits per heavy atom. The topological polar surface area (TPSA) is 195 Å². The number of aliphatic hydroxyl groups is 2. The molecule has 0 aliphatic carbocycles. The van der Waals surface area contributed by atoms with Crippen molar-refractivity contribution in [3.8, 4) is 0 Å². The van der Waals surface area contributed by atoms with Crippen LogP contribution >= 0.6 is 0 Å². The average molecular weight is 942 g/mol. The van der Waals surface area contributed by atoms with Gasteiger partial charge in [0.1, 0.15) is 18.2 Å². The van der Waals surface area contributed by atoms with E-state index in [0.717, 1.165) is 103 Å². The van der Waals surface area contributed by atoms with E-state index in [1.807, 2.05) is 36.4 Å². The number of nitrogens with one attached hydrogen (secondary N) is 1. The van der Waals surface area contributed by atoms with Crippen molar-refractivity contribution in [2.45, 2.75) is 217 Å².